The second-order valence-electron chi connectivity index (χ2n) is 4.08. The summed E-state index contributed by atoms with van der Waals surface area (Å²) in [7, 11) is 0. The van der Waals surface area contributed by atoms with E-state index in [1.165, 1.54) is 12.1 Å². The highest BCUT2D eigenvalue weighted by Crippen LogP contribution is 2.16. The number of hydrogen-bond donors (Lipinski definition) is 3. The minimum Gasteiger partial charge on any atom is -0.389 e. The average molecular weight is 283 g/mol. The lowest BCUT2D eigenvalue weighted by Crippen LogP contribution is -2.26. The van der Waals surface area contributed by atoms with Crippen LogP contribution in [0.5, 0.6) is 0 Å². The van der Waals surface area contributed by atoms with Crippen molar-refractivity contribution in [3.05, 3.63) is 29.6 Å². The zero-order valence-electron chi connectivity index (χ0n) is 10.8. The number of thiocarbonyl (C=S) groups is 1. The van der Waals surface area contributed by atoms with Gasteiger partial charge in [0.1, 0.15) is 10.8 Å². The number of carbonyl (C=O) groups is 1. The Hall–Kier alpha value is -1.69. The molecule has 4 nitrogen and oxygen atoms in total. The molecule has 0 aliphatic carbocycles. The van der Waals surface area contributed by atoms with Crippen LogP contribution < -0.4 is 16.4 Å². The van der Waals surface area contributed by atoms with Crippen molar-refractivity contribution in [1.82, 2.24) is 5.32 Å². The number of carbonyl (C=O) groups excluding carboxylic acids is 1. The highest BCUT2D eigenvalue weighted by molar-refractivity contribution is 7.80. The van der Waals surface area contributed by atoms with Crippen LogP contribution in [0.15, 0.2) is 18.2 Å². The highest BCUT2D eigenvalue weighted by atomic mass is 32.1. The molecular weight excluding hydrogens is 265 g/mol. The van der Waals surface area contributed by atoms with Gasteiger partial charge in [0, 0.05) is 30.8 Å². The molecule has 4 N–H and O–H groups in total. The van der Waals surface area contributed by atoms with Crippen LogP contribution in [0.3, 0.4) is 0 Å². The molecule has 0 aromatic heterocycles. The summed E-state index contributed by atoms with van der Waals surface area (Å²) in [6.07, 6.45) is 1.25. The summed E-state index contributed by atoms with van der Waals surface area (Å²) in [5.41, 5.74) is 6.61. The van der Waals surface area contributed by atoms with Gasteiger partial charge in [-0.3, -0.25) is 4.79 Å². The third kappa shape index (κ3) is 5.21. The molecule has 0 spiro atoms. The third-order valence-corrected chi connectivity index (χ3v) is 2.71. The van der Waals surface area contributed by atoms with Crippen LogP contribution in [-0.2, 0) is 4.79 Å². The summed E-state index contributed by atoms with van der Waals surface area (Å²) in [4.78, 5) is 11.5. The Balaban J connectivity index is 2.53. The van der Waals surface area contributed by atoms with E-state index in [1.807, 2.05) is 6.92 Å². The first kappa shape index (κ1) is 15.4. The van der Waals surface area contributed by atoms with Crippen LogP contribution in [0.25, 0.3) is 0 Å². The molecule has 0 unspecified atom stereocenters. The molecule has 1 amide bonds. The molecule has 0 radical (unpaired) electrons. The van der Waals surface area contributed by atoms with Crippen LogP contribution in [0, 0.1) is 5.82 Å². The molecular formula is C13H18FN3OS. The number of nitrogens with one attached hydrogen (secondary N) is 2. The first-order valence-electron chi connectivity index (χ1n) is 6.14. The summed E-state index contributed by atoms with van der Waals surface area (Å²) in [6, 6.07) is 4.16. The van der Waals surface area contributed by atoms with Gasteiger partial charge in [-0.15, -0.1) is 0 Å². The fourth-order valence-electron chi connectivity index (χ4n) is 1.54. The Labute approximate surface area is 117 Å². The Morgan fingerprint density at radius 3 is 2.79 bits per heavy atom. The zero-order chi connectivity index (χ0) is 14.3. The van der Waals surface area contributed by atoms with Gasteiger partial charge < -0.3 is 16.4 Å². The molecule has 1 aromatic carbocycles. The van der Waals surface area contributed by atoms with Gasteiger partial charge in [0.25, 0.3) is 0 Å². The van der Waals surface area contributed by atoms with E-state index < -0.39 is 5.82 Å². The normalized spacial score (nSPS) is 10.0. The predicted octanol–water partition coefficient (Wildman–Crippen LogP) is 1.79. The van der Waals surface area contributed by atoms with E-state index >= 15 is 0 Å². The number of halogens is 1. The number of hydrogen-bond acceptors (Lipinski definition) is 3. The Morgan fingerprint density at radius 2 is 2.16 bits per heavy atom. The van der Waals surface area contributed by atoms with E-state index in [4.69, 9.17) is 18.0 Å². The maximum absolute atomic E-state index is 13.1. The quantitative estimate of drug-likeness (QED) is 0.667. The molecule has 0 heterocycles. The molecule has 0 aliphatic rings. The minimum atomic E-state index is -0.394. The van der Waals surface area contributed by atoms with Gasteiger partial charge >= 0.3 is 0 Å². The van der Waals surface area contributed by atoms with Crippen LogP contribution in [0.2, 0.25) is 0 Å². The lowest BCUT2D eigenvalue weighted by atomic mass is 10.1. The summed E-state index contributed by atoms with van der Waals surface area (Å²) < 4.78 is 13.1. The molecule has 0 fully saturated rings. The summed E-state index contributed by atoms with van der Waals surface area (Å²) in [5.74, 6) is -0.414. The number of rotatable bonds is 7. The molecule has 6 heteroatoms. The maximum atomic E-state index is 13.1. The van der Waals surface area contributed by atoms with E-state index in [2.05, 4.69) is 10.6 Å². The smallest absolute Gasteiger partial charge is 0.221 e. The standard InChI is InChI=1S/C13H18FN3OS/c1-2-6-17-12(18)5-7-16-11-4-3-9(14)8-10(11)13(15)19/h3-4,8,16H,2,5-7H2,1H3,(H2,15,19)(H,17,18). The van der Waals surface area contributed by atoms with Gasteiger partial charge in [-0.2, -0.15) is 0 Å². The molecule has 0 bridgehead atoms. The molecule has 104 valence electrons. The maximum Gasteiger partial charge on any atom is 0.221 e. The topological polar surface area (TPSA) is 67.2 Å². The Bertz CT molecular complexity index is 465. The second-order valence-corrected chi connectivity index (χ2v) is 4.52. The van der Waals surface area contributed by atoms with Crippen LogP contribution >= 0.6 is 12.2 Å². The van der Waals surface area contributed by atoms with Gasteiger partial charge in [-0.05, 0) is 24.6 Å². The molecule has 19 heavy (non-hydrogen) atoms. The van der Waals surface area contributed by atoms with Crippen molar-refractivity contribution in [3.63, 3.8) is 0 Å². The molecule has 0 saturated carbocycles. The summed E-state index contributed by atoms with van der Waals surface area (Å²) in [5, 5.41) is 5.81. The van der Waals surface area contributed by atoms with E-state index in [0.29, 0.717) is 30.8 Å². The van der Waals surface area contributed by atoms with Crippen molar-refractivity contribution in [2.24, 2.45) is 5.73 Å². The van der Waals surface area contributed by atoms with Crippen molar-refractivity contribution in [2.75, 3.05) is 18.4 Å². The summed E-state index contributed by atoms with van der Waals surface area (Å²) >= 11 is 4.86. The number of benzene rings is 1. The SMILES string of the molecule is CCCNC(=O)CCNc1ccc(F)cc1C(N)=S. The number of amides is 1. The van der Waals surface area contributed by atoms with Gasteiger partial charge in [-0.25, -0.2) is 4.39 Å². The molecule has 1 rings (SSSR count). The van der Waals surface area contributed by atoms with Gasteiger partial charge in [0.15, 0.2) is 0 Å². The van der Waals surface area contributed by atoms with Gasteiger partial charge in [0.05, 0.1) is 0 Å². The van der Waals surface area contributed by atoms with Crippen molar-refractivity contribution >= 4 is 28.8 Å². The average Bonchev–Trinajstić information content (AvgIpc) is 2.37. The van der Waals surface area contributed by atoms with E-state index in [9.17, 15) is 9.18 Å². The molecule has 0 saturated heterocycles. The van der Waals surface area contributed by atoms with Gasteiger partial charge in [0.2, 0.25) is 5.91 Å². The van der Waals surface area contributed by atoms with E-state index in [0.717, 1.165) is 6.42 Å². The summed E-state index contributed by atoms with van der Waals surface area (Å²) in [6.45, 7) is 3.11. The van der Waals surface area contributed by atoms with Gasteiger partial charge in [-0.1, -0.05) is 19.1 Å². The molecule has 1 aromatic rings. The largest absolute Gasteiger partial charge is 0.389 e. The molecule has 0 aliphatic heterocycles. The Kier molecular flexibility index (Phi) is 6.21. The van der Waals surface area contributed by atoms with Crippen LogP contribution in [-0.4, -0.2) is 24.0 Å². The van der Waals surface area contributed by atoms with E-state index in [1.54, 1.807) is 6.07 Å². The van der Waals surface area contributed by atoms with Crippen molar-refractivity contribution in [3.8, 4) is 0 Å². The minimum absolute atomic E-state index is 0.0201. The highest BCUT2D eigenvalue weighted by Gasteiger charge is 2.07. The third-order valence-electron chi connectivity index (χ3n) is 2.49. The fraction of sp³-hybridized carbons (Fsp3) is 0.385. The van der Waals surface area contributed by atoms with Crippen molar-refractivity contribution in [2.45, 2.75) is 19.8 Å². The first-order valence-corrected chi connectivity index (χ1v) is 6.55. The van der Waals surface area contributed by atoms with E-state index in [-0.39, 0.29) is 10.9 Å². The fourth-order valence-corrected chi connectivity index (χ4v) is 1.71. The van der Waals surface area contributed by atoms with Crippen LogP contribution in [0.1, 0.15) is 25.3 Å². The molecule has 0 atom stereocenters. The lowest BCUT2D eigenvalue weighted by Gasteiger charge is -2.11. The predicted molar refractivity (Wildman–Crippen MR) is 78.7 cm³/mol. The second kappa shape index (κ2) is 7.68. The first-order chi connectivity index (χ1) is 9.04. The van der Waals surface area contributed by atoms with Crippen LogP contribution in [0.4, 0.5) is 10.1 Å². The lowest BCUT2D eigenvalue weighted by molar-refractivity contribution is -0.120. The number of nitrogens with two attached hydrogens (primary N) is 1. The Morgan fingerprint density at radius 1 is 1.42 bits per heavy atom. The monoisotopic (exact) mass is 283 g/mol. The zero-order valence-corrected chi connectivity index (χ0v) is 11.6. The van der Waals surface area contributed by atoms with Crippen molar-refractivity contribution < 1.29 is 9.18 Å². The number of anilines is 1. The van der Waals surface area contributed by atoms with Crippen molar-refractivity contribution in [1.29, 1.82) is 0 Å².